The molecule has 2 rings (SSSR count). The van der Waals surface area contributed by atoms with Gasteiger partial charge in [0, 0.05) is 13.1 Å². The fourth-order valence-electron chi connectivity index (χ4n) is 2.05. The molecule has 1 heterocycles. The van der Waals surface area contributed by atoms with Crippen LogP contribution in [0.15, 0.2) is 46.1 Å². The predicted octanol–water partition coefficient (Wildman–Crippen LogP) is 3.79. The third kappa shape index (κ3) is 6.32. The average molecular weight is 331 g/mol. The highest BCUT2D eigenvalue weighted by molar-refractivity contribution is 7.07. The highest BCUT2D eigenvalue weighted by atomic mass is 32.1. The summed E-state index contributed by atoms with van der Waals surface area (Å²) in [5.74, 6) is 1.75. The first kappa shape index (κ1) is 17.3. The highest BCUT2D eigenvalue weighted by Crippen LogP contribution is 2.13. The van der Waals surface area contributed by atoms with Crippen LogP contribution < -0.4 is 15.4 Å². The van der Waals surface area contributed by atoms with Crippen LogP contribution in [0.4, 0.5) is 0 Å². The highest BCUT2D eigenvalue weighted by Gasteiger charge is 2.01. The van der Waals surface area contributed by atoms with E-state index in [-0.39, 0.29) is 0 Å². The van der Waals surface area contributed by atoms with Gasteiger partial charge in [-0.3, -0.25) is 0 Å². The Morgan fingerprint density at radius 1 is 1.17 bits per heavy atom. The van der Waals surface area contributed by atoms with Crippen molar-refractivity contribution < 1.29 is 4.74 Å². The van der Waals surface area contributed by atoms with Crippen LogP contribution in [0.2, 0.25) is 0 Å². The van der Waals surface area contributed by atoms with Gasteiger partial charge in [0.15, 0.2) is 5.96 Å². The molecule has 0 aliphatic rings. The van der Waals surface area contributed by atoms with Crippen LogP contribution in [0.25, 0.3) is 0 Å². The zero-order valence-corrected chi connectivity index (χ0v) is 14.7. The average Bonchev–Trinajstić information content (AvgIpc) is 3.09. The molecule has 0 amide bonds. The maximum absolute atomic E-state index is 5.67. The number of ether oxygens (including phenoxy) is 1. The van der Waals surface area contributed by atoms with Crippen LogP contribution in [0.1, 0.15) is 31.4 Å². The van der Waals surface area contributed by atoms with Gasteiger partial charge in [0.25, 0.3) is 0 Å². The standard InChI is InChI=1S/C18H25N3OS/c1-3-9-22-17-7-5-6-15(11-17)12-20-18(19-4-2)21-13-16-8-10-23-14-16/h5-8,10-11,14H,3-4,9,12-13H2,1-2H3,(H2,19,20,21). The lowest BCUT2D eigenvalue weighted by Crippen LogP contribution is -2.36. The minimum Gasteiger partial charge on any atom is -0.494 e. The van der Waals surface area contributed by atoms with Crippen LogP contribution in [0, 0.1) is 0 Å². The van der Waals surface area contributed by atoms with E-state index in [2.05, 4.69) is 58.4 Å². The summed E-state index contributed by atoms with van der Waals surface area (Å²) in [6.45, 7) is 7.19. The zero-order chi connectivity index (χ0) is 16.3. The Bertz CT molecular complexity index is 596. The summed E-state index contributed by atoms with van der Waals surface area (Å²) >= 11 is 1.70. The van der Waals surface area contributed by atoms with E-state index in [1.807, 2.05) is 12.1 Å². The molecule has 5 heteroatoms. The second-order valence-corrected chi connectivity index (χ2v) is 5.96. The second-order valence-electron chi connectivity index (χ2n) is 5.18. The number of thiophene rings is 1. The Hall–Kier alpha value is -2.01. The maximum atomic E-state index is 5.67. The molecule has 0 saturated heterocycles. The molecule has 0 fully saturated rings. The molecule has 0 aliphatic heterocycles. The maximum Gasteiger partial charge on any atom is 0.191 e. The van der Waals surface area contributed by atoms with Crippen molar-refractivity contribution in [2.75, 3.05) is 13.2 Å². The van der Waals surface area contributed by atoms with Crippen molar-refractivity contribution in [3.63, 3.8) is 0 Å². The summed E-state index contributed by atoms with van der Waals surface area (Å²) in [7, 11) is 0. The molecule has 23 heavy (non-hydrogen) atoms. The minimum atomic E-state index is 0.693. The van der Waals surface area contributed by atoms with Crippen LogP contribution in [-0.2, 0) is 13.1 Å². The molecule has 0 unspecified atom stereocenters. The lowest BCUT2D eigenvalue weighted by molar-refractivity contribution is 0.317. The van der Waals surface area contributed by atoms with Gasteiger partial charge in [0.05, 0.1) is 13.2 Å². The molecular weight excluding hydrogens is 306 g/mol. The number of rotatable bonds is 8. The normalized spacial score (nSPS) is 11.3. The fourth-order valence-corrected chi connectivity index (χ4v) is 2.71. The van der Waals surface area contributed by atoms with Crippen LogP contribution in [0.5, 0.6) is 5.75 Å². The predicted molar refractivity (Wildman–Crippen MR) is 98.2 cm³/mol. The molecule has 124 valence electrons. The van der Waals surface area contributed by atoms with Crippen molar-refractivity contribution in [3.8, 4) is 5.75 Å². The van der Waals surface area contributed by atoms with Gasteiger partial charge in [0.1, 0.15) is 5.75 Å². The molecule has 0 saturated carbocycles. The number of nitrogens with one attached hydrogen (secondary N) is 2. The number of hydrogen-bond donors (Lipinski definition) is 2. The van der Waals surface area contributed by atoms with Crippen molar-refractivity contribution in [2.45, 2.75) is 33.4 Å². The number of guanidine groups is 1. The number of aliphatic imine (C=N–C) groups is 1. The first-order valence-corrected chi connectivity index (χ1v) is 9.01. The van der Waals surface area contributed by atoms with E-state index in [1.54, 1.807) is 11.3 Å². The van der Waals surface area contributed by atoms with E-state index in [0.29, 0.717) is 6.54 Å². The minimum absolute atomic E-state index is 0.693. The summed E-state index contributed by atoms with van der Waals surface area (Å²) in [5.41, 5.74) is 2.42. The van der Waals surface area contributed by atoms with E-state index in [0.717, 1.165) is 37.8 Å². The molecular formula is C18H25N3OS. The van der Waals surface area contributed by atoms with E-state index in [4.69, 9.17) is 4.74 Å². The van der Waals surface area contributed by atoms with Gasteiger partial charge in [-0.15, -0.1) is 0 Å². The largest absolute Gasteiger partial charge is 0.494 e. The first-order valence-electron chi connectivity index (χ1n) is 8.06. The zero-order valence-electron chi connectivity index (χ0n) is 13.8. The SMILES string of the molecule is CCCOc1cccc(CNC(=NCc2ccsc2)NCC)c1. The Labute approximate surface area is 142 Å². The third-order valence-corrected chi connectivity index (χ3v) is 3.91. The lowest BCUT2D eigenvalue weighted by atomic mass is 10.2. The van der Waals surface area contributed by atoms with Crippen LogP contribution >= 0.6 is 11.3 Å². The van der Waals surface area contributed by atoms with Crippen molar-refractivity contribution in [2.24, 2.45) is 4.99 Å². The monoisotopic (exact) mass is 331 g/mol. The fraction of sp³-hybridized carbons (Fsp3) is 0.389. The molecule has 0 aliphatic carbocycles. The summed E-state index contributed by atoms with van der Waals surface area (Å²) in [4.78, 5) is 4.61. The van der Waals surface area contributed by atoms with Gasteiger partial charge in [0.2, 0.25) is 0 Å². The third-order valence-electron chi connectivity index (χ3n) is 3.18. The molecule has 2 aromatic rings. The Kier molecular flexibility index (Phi) is 7.46. The van der Waals surface area contributed by atoms with Gasteiger partial charge in [-0.25, -0.2) is 4.99 Å². The van der Waals surface area contributed by atoms with E-state index in [9.17, 15) is 0 Å². The Morgan fingerprint density at radius 2 is 2.09 bits per heavy atom. The van der Waals surface area contributed by atoms with Crippen molar-refractivity contribution in [1.82, 2.24) is 10.6 Å². The Morgan fingerprint density at radius 3 is 2.83 bits per heavy atom. The summed E-state index contributed by atoms with van der Waals surface area (Å²) in [6.07, 6.45) is 1.02. The number of nitrogens with zero attached hydrogens (tertiary/aromatic N) is 1. The molecule has 0 spiro atoms. The van der Waals surface area contributed by atoms with Gasteiger partial charge in [-0.2, -0.15) is 11.3 Å². The molecule has 1 aromatic heterocycles. The van der Waals surface area contributed by atoms with Gasteiger partial charge in [-0.05, 0) is 53.4 Å². The molecule has 1 aromatic carbocycles. The molecule has 4 nitrogen and oxygen atoms in total. The number of hydrogen-bond acceptors (Lipinski definition) is 3. The van der Waals surface area contributed by atoms with Crippen LogP contribution in [0.3, 0.4) is 0 Å². The molecule has 0 bridgehead atoms. The molecule has 0 atom stereocenters. The van der Waals surface area contributed by atoms with Gasteiger partial charge < -0.3 is 15.4 Å². The van der Waals surface area contributed by atoms with Gasteiger partial charge in [-0.1, -0.05) is 19.1 Å². The first-order chi connectivity index (χ1) is 11.3. The number of benzene rings is 1. The Balaban J connectivity index is 1.91. The van der Waals surface area contributed by atoms with E-state index >= 15 is 0 Å². The van der Waals surface area contributed by atoms with Crippen LogP contribution in [-0.4, -0.2) is 19.1 Å². The lowest BCUT2D eigenvalue weighted by Gasteiger charge is -2.12. The summed E-state index contributed by atoms with van der Waals surface area (Å²) < 4.78 is 5.67. The van der Waals surface area contributed by atoms with Crippen molar-refractivity contribution >= 4 is 17.3 Å². The quantitative estimate of drug-likeness (QED) is 0.571. The van der Waals surface area contributed by atoms with Crippen molar-refractivity contribution in [3.05, 3.63) is 52.2 Å². The summed E-state index contributed by atoms with van der Waals surface area (Å²) in [5, 5.41) is 10.8. The van der Waals surface area contributed by atoms with E-state index < -0.39 is 0 Å². The van der Waals surface area contributed by atoms with Crippen molar-refractivity contribution in [1.29, 1.82) is 0 Å². The molecule has 0 radical (unpaired) electrons. The van der Waals surface area contributed by atoms with E-state index in [1.165, 1.54) is 11.1 Å². The smallest absolute Gasteiger partial charge is 0.191 e. The second kappa shape index (κ2) is 9.90. The topological polar surface area (TPSA) is 45.6 Å². The molecule has 2 N–H and O–H groups in total. The summed E-state index contributed by atoms with van der Waals surface area (Å²) in [6, 6.07) is 10.3. The van der Waals surface area contributed by atoms with Gasteiger partial charge >= 0.3 is 0 Å².